The van der Waals surface area contributed by atoms with Crippen LogP contribution in [0.1, 0.15) is 54.2 Å². The Bertz CT molecular complexity index is 2000. The minimum Gasteiger partial charge on any atom is -0.0984 e. The van der Waals surface area contributed by atoms with Crippen molar-refractivity contribution in [3.8, 4) is 33.4 Å². The fraction of sp³-hybridized carbons (Fsp3) is 0.106. The van der Waals surface area contributed by atoms with Gasteiger partial charge in [0.2, 0.25) is 0 Å². The number of hydrogen-bond donors (Lipinski definition) is 0. The summed E-state index contributed by atoms with van der Waals surface area (Å²) in [6.07, 6.45) is 13.5. The lowest BCUT2D eigenvalue weighted by atomic mass is 9.96. The molecule has 0 heterocycles. The Morgan fingerprint density at radius 3 is 1.51 bits per heavy atom. The Balaban J connectivity index is 0.000000226. The normalized spacial score (nSPS) is 11.3. The van der Waals surface area contributed by atoms with Crippen LogP contribution in [0, 0.1) is 6.92 Å². The molecule has 0 fully saturated rings. The van der Waals surface area contributed by atoms with Gasteiger partial charge in [-0.2, -0.15) is 0 Å². The predicted octanol–water partition coefficient (Wildman–Crippen LogP) is 13.8. The number of hydrogen-bond acceptors (Lipinski definition) is 0. The van der Waals surface area contributed by atoms with E-state index in [9.17, 15) is 0 Å². The van der Waals surface area contributed by atoms with E-state index >= 15 is 0 Å². The highest BCUT2D eigenvalue weighted by Gasteiger charge is 2.08. The Morgan fingerprint density at radius 2 is 1.00 bits per heavy atom. The molecule has 0 aliphatic heterocycles. The Labute approximate surface area is 281 Å². The van der Waals surface area contributed by atoms with Gasteiger partial charge < -0.3 is 0 Å². The van der Waals surface area contributed by atoms with Gasteiger partial charge in [0, 0.05) is 0 Å². The third kappa shape index (κ3) is 7.68. The molecule has 6 aromatic rings. The van der Waals surface area contributed by atoms with Crippen LogP contribution < -0.4 is 0 Å². The van der Waals surface area contributed by atoms with Crippen molar-refractivity contribution in [3.05, 3.63) is 180 Å². The van der Waals surface area contributed by atoms with Gasteiger partial charge in [-0.15, -0.1) is 0 Å². The van der Waals surface area contributed by atoms with Crippen molar-refractivity contribution in [1.29, 1.82) is 0 Å². The van der Waals surface area contributed by atoms with E-state index in [1.54, 1.807) is 0 Å². The van der Waals surface area contributed by atoms with Gasteiger partial charge in [-0.1, -0.05) is 161 Å². The summed E-state index contributed by atoms with van der Waals surface area (Å²) in [5.74, 6) is 0. The summed E-state index contributed by atoms with van der Waals surface area (Å²) in [6.45, 7) is 15.8. The summed E-state index contributed by atoms with van der Waals surface area (Å²) in [5, 5.41) is 2.49. The summed E-state index contributed by atoms with van der Waals surface area (Å²) < 4.78 is 0. The van der Waals surface area contributed by atoms with E-state index in [1.807, 2.05) is 38.1 Å². The monoisotopic (exact) mass is 608 g/mol. The fourth-order valence-electron chi connectivity index (χ4n) is 5.95. The van der Waals surface area contributed by atoms with Crippen molar-refractivity contribution in [2.45, 2.75) is 34.1 Å². The second kappa shape index (κ2) is 15.7. The molecule has 0 saturated heterocycles. The fourth-order valence-corrected chi connectivity index (χ4v) is 5.95. The van der Waals surface area contributed by atoms with Crippen molar-refractivity contribution in [2.75, 3.05) is 0 Å². The number of fused-ring (bicyclic) bond motifs is 2. The van der Waals surface area contributed by atoms with Crippen LogP contribution in [-0.2, 0) is 6.42 Å². The zero-order chi connectivity index (χ0) is 33.2. The molecule has 0 atom stereocenters. The minimum atomic E-state index is 1.06. The van der Waals surface area contributed by atoms with Gasteiger partial charge in [0.15, 0.2) is 0 Å². The molecule has 47 heavy (non-hydrogen) atoms. The average molecular weight is 609 g/mol. The number of benzene rings is 6. The standard InChI is InChI=1S/C31H26.C14H12.C2H6/c1-3-5-28-20-30(9-8-22(28)2)26-14-10-24(11-15-26)25-12-16-27(17-13-25)31-19-18-23-6-4-7-29(23)21-31;1-3-11-9-13-7-5-6-8-14(13)10-12(11)4-2;1-2/h3-5,7-21H,6H2,1-2H3;3-10H,1-2H2;1-2H3/b5-3-;;. The summed E-state index contributed by atoms with van der Waals surface area (Å²) in [5.41, 5.74) is 15.2. The third-order valence-electron chi connectivity index (χ3n) is 8.57. The van der Waals surface area contributed by atoms with E-state index in [2.05, 4.69) is 161 Å². The van der Waals surface area contributed by atoms with Crippen molar-refractivity contribution in [1.82, 2.24) is 0 Å². The molecule has 0 aromatic heterocycles. The topological polar surface area (TPSA) is 0 Å². The summed E-state index contributed by atoms with van der Waals surface area (Å²) in [7, 11) is 0. The van der Waals surface area contributed by atoms with Gasteiger partial charge in [-0.05, 0) is 122 Å². The van der Waals surface area contributed by atoms with E-state index in [-0.39, 0.29) is 0 Å². The maximum atomic E-state index is 3.80. The second-order valence-corrected chi connectivity index (χ2v) is 11.5. The molecule has 7 rings (SSSR count). The molecule has 1 aliphatic carbocycles. The molecule has 0 saturated carbocycles. The average Bonchev–Trinajstić information content (AvgIpc) is 3.62. The maximum absolute atomic E-state index is 3.80. The first-order chi connectivity index (χ1) is 23.1. The van der Waals surface area contributed by atoms with Crippen LogP contribution in [0.15, 0.2) is 147 Å². The van der Waals surface area contributed by atoms with Gasteiger partial charge >= 0.3 is 0 Å². The molecule has 0 nitrogen and oxygen atoms in total. The lowest BCUT2D eigenvalue weighted by Gasteiger charge is -2.09. The van der Waals surface area contributed by atoms with Gasteiger partial charge in [-0.3, -0.25) is 0 Å². The zero-order valence-corrected chi connectivity index (χ0v) is 28.1. The van der Waals surface area contributed by atoms with Crippen LogP contribution in [0.3, 0.4) is 0 Å². The van der Waals surface area contributed by atoms with Crippen LogP contribution >= 0.6 is 0 Å². The molecule has 0 amide bonds. The van der Waals surface area contributed by atoms with Gasteiger partial charge in [0.25, 0.3) is 0 Å². The predicted molar refractivity (Wildman–Crippen MR) is 210 cm³/mol. The molecular weight excluding hydrogens is 565 g/mol. The molecular formula is C47H44. The summed E-state index contributed by atoms with van der Waals surface area (Å²) in [4.78, 5) is 0. The summed E-state index contributed by atoms with van der Waals surface area (Å²) in [6, 6.07) is 43.8. The van der Waals surface area contributed by atoms with E-state index in [0.29, 0.717) is 0 Å². The molecule has 232 valence electrons. The lowest BCUT2D eigenvalue weighted by molar-refractivity contribution is 1.31. The largest absolute Gasteiger partial charge is 0.0984 e. The number of allylic oxidation sites excluding steroid dienone is 2. The molecule has 0 radical (unpaired) electrons. The number of rotatable bonds is 6. The maximum Gasteiger partial charge on any atom is -0.00882 e. The Hall–Kier alpha value is -5.46. The van der Waals surface area contributed by atoms with E-state index in [0.717, 1.165) is 17.5 Å². The molecule has 0 heteroatoms. The van der Waals surface area contributed by atoms with Crippen LogP contribution in [0.4, 0.5) is 0 Å². The van der Waals surface area contributed by atoms with Crippen LogP contribution in [0.25, 0.3) is 68.5 Å². The van der Waals surface area contributed by atoms with Crippen molar-refractivity contribution < 1.29 is 0 Å². The smallest absolute Gasteiger partial charge is 0.00882 e. The van der Waals surface area contributed by atoms with Crippen LogP contribution in [0.5, 0.6) is 0 Å². The van der Waals surface area contributed by atoms with Crippen LogP contribution in [-0.4, -0.2) is 0 Å². The summed E-state index contributed by atoms with van der Waals surface area (Å²) >= 11 is 0. The zero-order valence-electron chi connectivity index (χ0n) is 28.1. The van der Waals surface area contributed by atoms with Crippen LogP contribution in [0.2, 0.25) is 0 Å². The first-order valence-electron chi connectivity index (χ1n) is 16.6. The SMILES string of the molecule is C/C=C\c1cc(-c2ccc(-c3ccc(-c4ccc5c(c4)C=CC5)cc3)cc2)ccc1C.C=Cc1cc2ccccc2cc1C=C.CC. The molecule has 6 aromatic carbocycles. The molecule has 0 unspecified atom stereocenters. The van der Waals surface area contributed by atoms with Gasteiger partial charge in [0.05, 0.1) is 0 Å². The highest BCUT2D eigenvalue weighted by Crippen LogP contribution is 2.31. The molecule has 1 aliphatic rings. The van der Waals surface area contributed by atoms with E-state index in [1.165, 1.54) is 66.4 Å². The lowest BCUT2D eigenvalue weighted by Crippen LogP contribution is -1.86. The van der Waals surface area contributed by atoms with Crippen molar-refractivity contribution >= 4 is 35.1 Å². The third-order valence-corrected chi connectivity index (χ3v) is 8.57. The first kappa shape index (κ1) is 32.9. The first-order valence-corrected chi connectivity index (χ1v) is 16.6. The second-order valence-electron chi connectivity index (χ2n) is 11.5. The van der Waals surface area contributed by atoms with Crippen molar-refractivity contribution in [3.63, 3.8) is 0 Å². The van der Waals surface area contributed by atoms with E-state index < -0.39 is 0 Å². The van der Waals surface area contributed by atoms with Gasteiger partial charge in [-0.25, -0.2) is 0 Å². The highest BCUT2D eigenvalue weighted by atomic mass is 14.1. The Kier molecular flexibility index (Phi) is 11.0. The minimum absolute atomic E-state index is 1.06. The van der Waals surface area contributed by atoms with Gasteiger partial charge in [0.1, 0.15) is 0 Å². The Morgan fingerprint density at radius 1 is 0.532 bits per heavy atom. The quantitative estimate of drug-likeness (QED) is 0.176. The molecule has 0 N–H and O–H groups in total. The number of aryl methyl sites for hydroxylation is 1. The van der Waals surface area contributed by atoms with E-state index in [4.69, 9.17) is 0 Å². The van der Waals surface area contributed by atoms with Crippen molar-refractivity contribution in [2.24, 2.45) is 0 Å². The molecule has 0 spiro atoms. The molecule has 0 bridgehead atoms. The highest BCUT2D eigenvalue weighted by molar-refractivity contribution is 5.88.